The lowest BCUT2D eigenvalue weighted by Gasteiger charge is -2.36. The summed E-state index contributed by atoms with van der Waals surface area (Å²) in [5, 5.41) is 12.1. The van der Waals surface area contributed by atoms with Gasteiger partial charge in [-0.3, -0.25) is 9.89 Å². The van der Waals surface area contributed by atoms with Gasteiger partial charge in [0.25, 0.3) is 0 Å². The van der Waals surface area contributed by atoms with Crippen molar-refractivity contribution in [1.29, 1.82) is 0 Å². The lowest BCUT2D eigenvalue weighted by Crippen LogP contribution is -2.52. The van der Waals surface area contributed by atoms with E-state index < -0.39 is 0 Å². The number of hydrogen-bond acceptors (Lipinski definition) is 7. The van der Waals surface area contributed by atoms with E-state index in [1.54, 1.807) is 21.3 Å². The van der Waals surface area contributed by atoms with E-state index in [1.807, 2.05) is 19.2 Å². The van der Waals surface area contributed by atoms with Crippen LogP contribution in [0.2, 0.25) is 0 Å². The zero-order valence-corrected chi connectivity index (χ0v) is 22.2. The number of nitrogens with one attached hydrogen (secondary N) is 1. The van der Waals surface area contributed by atoms with Crippen LogP contribution in [0.1, 0.15) is 23.6 Å². The third kappa shape index (κ3) is 5.62. The number of hydrogen-bond donors (Lipinski definition) is 1. The summed E-state index contributed by atoms with van der Waals surface area (Å²) in [7, 11) is 6.74. The van der Waals surface area contributed by atoms with Crippen molar-refractivity contribution >= 4 is 29.9 Å². The number of aromatic nitrogens is 3. The second kappa shape index (κ2) is 11.7. The predicted molar refractivity (Wildman–Crippen MR) is 137 cm³/mol. The number of aliphatic imine (C=N–C) groups is 1. The Morgan fingerprint density at radius 1 is 1.00 bits per heavy atom. The highest BCUT2D eigenvalue weighted by molar-refractivity contribution is 14.0. The van der Waals surface area contributed by atoms with Gasteiger partial charge in [-0.25, -0.2) is 0 Å². The number of nitrogens with zero attached hydrogens (tertiary/aromatic N) is 6. The Bertz CT molecular complexity index is 932. The molecule has 1 N–H and O–H groups in total. The summed E-state index contributed by atoms with van der Waals surface area (Å²) in [6, 6.07) is 4.04. The normalized spacial score (nSPS) is 16.2. The first-order valence-corrected chi connectivity index (χ1v) is 11.0. The first-order chi connectivity index (χ1) is 15.7. The summed E-state index contributed by atoms with van der Waals surface area (Å²) < 4.78 is 18.6. The van der Waals surface area contributed by atoms with Crippen LogP contribution in [0.25, 0.3) is 0 Å². The van der Waals surface area contributed by atoms with Crippen molar-refractivity contribution in [2.24, 2.45) is 4.99 Å². The van der Waals surface area contributed by atoms with Gasteiger partial charge in [0.2, 0.25) is 5.75 Å². The van der Waals surface area contributed by atoms with E-state index in [9.17, 15) is 0 Å². The van der Waals surface area contributed by atoms with Crippen LogP contribution in [0.4, 0.5) is 0 Å². The summed E-state index contributed by atoms with van der Waals surface area (Å²) in [4.78, 5) is 9.21. The molecule has 0 amide bonds. The molecule has 2 aliphatic rings. The average molecular weight is 571 g/mol. The molecule has 0 atom stereocenters. The van der Waals surface area contributed by atoms with Crippen molar-refractivity contribution in [2.75, 3.05) is 54.6 Å². The van der Waals surface area contributed by atoms with Gasteiger partial charge >= 0.3 is 0 Å². The van der Waals surface area contributed by atoms with Crippen molar-refractivity contribution in [3.8, 4) is 17.2 Å². The monoisotopic (exact) mass is 571 g/mol. The Balaban J connectivity index is 0.00000306. The molecule has 4 rings (SSSR count). The molecule has 10 nitrogen and oxygen atoms in total. The van der Waals surface area contributed by atoms with Gasteiger partial charge in [0.15, 0.2) is 23.3 Å². The quantitative estimate of drug-likeness (QED) is 0.306. The number of benzene rings is 1. The zero-order valence-electron chi connectivity index (χ0n) is 19.8. The first kappa shape index (κ1) is 25.3. The molecule has 0 unspecified atom stereocenters. The van der Waals surface area contributed by atoms with E-state index in [2.05, 4.69) is 34.9 Å². The minimum absolute atomic E-state index is 0. The molecular formula is C22H34IN7O3. The Hall–Kier alpha value is -2.28. The van der Waals surface area contributed by atoms with Gasteiger partial charge in [0.1, 0.15) is 5.82 Å². The van der Waals surface area contributed by atoms with E-state index in [1.165, 1.54) is 0 Å². The molecule has 182 valence electrons. The van der Waals surface area contributed by atoms with Gasteiger partial charge in [0, 0.05) is 52.7 Å². The van der Waals surface area contributed by atoms with Crippen LogP contribution in [-0.2, 0) is 26.1 Å². The number of guanidine groups is 1. The maximum absolute atomic E-state index is 5.49. The number of rotatable bonds is 7. The third-order valence-corrected chi connectivity index (χ3v) is 6.11. The second-order valence-corrected chi connectivity index (χ2v) is 7.99. The standard InChI is InChI=1S/C22H33N7O3.HI/c1-23-22(24-14-20-26-25-19-6-5-7-29(19)20)28-10-8-27(9-11-28)15-16-12-17(30-2)21(32-4)18(13-16)31-3;/h12-13H,5-11,14-15H2,1-4H3,(H,23,24);1H. The highest BCUT2D eigenvalue weighted by Crippen LogP contribution is 2.38. The van der Waals surface area contributed by atoms with E-state index >= 15 is 0 Å². The molecule has 1 aromatic carbocycles. The summed E-state index contributed by atoms with van der Waals surface area (Å²) in [5.74, 6) is 4.98. The second-order valence-electron chi connectivity index (χ2n) is 7.99. The Kier molecular flexibility index (Phi) is 9.01. The number of halogens is 1. The molecule has 0 radical (unpaired) electrons. The van der Waals surface area contributed by atoms with Gasteiger partial charge < -0.3 is 29.0 Å². The number of piperazine rings is 1. The molecule has 0 bridgehead atoms. The highest BCUT2D eigenvalue weighted by Gasteiger charge is 2.22. The maximum Gasteiger partial charge on any atom is 0.203 e. The minimum atomic E-state index is 0. The molecule has 0 spiro atoms. The van der Waals surface area contributed by atoms with Crippen molar-refractivity contribution < 1.29 is 14.2 Å². The summed E-state index contributed by atoms with van der Waals surface area (Å²) in [6.45, 7) is 6.17. The van der Waals surface area contributed by atoms with Gasteiger partial charge in [-0.05, 0) is 24.1 Å². The van der Waals surface area contributed by atoms with E-state index in [0.29, 0.717) is 23.8 Å². The van der Waals surface area contributed by atoms with E-state index in [0.717, 1.165) is 75.3 Å². The fourth-order valence-electron chi connectivity index (χ4n) is 4.43. The summed E-state index contributed by atoms with van der Waals surface area (Å²) >= 11 is 0. The van der Waals surface area contributed by atoms with E-state index in [-0.39, 0.29) is 24.0 Å². The lowest BCUT2D eigenvalue weighted by molar-refractivity contribution is 0.172. The van der Waals surface area contributed by atoms with Gasteiger partial charge in [-0.15, -0.1) is 34.2 Å². The van der Waals surface area contributed by atoms with Crippen molar-refractivity contribution in [2.45, 2.75) is 32.5 Å². The Morgan fingerprint density at radius 3 is 2.30 bits per heavy atom. The molecule has 3 heterocycles. The number of aryl methyl sites for hydroxylation is 1. The zero-order chi connectivity index (χ0) is 22.5. The minimum Gasteiger partial charge on any atom is -0.493 e. The van der Waals surface area contributed by atoms with Crippen LogP contribution >= 0.6 is 24.0 Å². The SMILES string of the molecule is CN=C(NCc1nnc2n1CCC2)N1CCN(Cc2cc(OC)c(OC)c(OC)c2)CC1.I. The van der Waals surface area contributed by atoms with Crippen LogP contribution in [0.5, 0.6) is 17.2 Å². The lowest BCUT2D eigenvalue weighted by atomic mass is 10.1. The molecule has 2 aromatic rings. The molecular weight excluding hydrogens is 537 g/mol. The molecule has 11 heteroatoms. The number of ether oxygens (including phenoxy) is 3. The topological polar surface area (TPSA) is 89.3 Å². The van der Waals surface area contributed by atoms with Crippen LogP contribution in [-0.4, -0.2) is 85.1 Å². The third-order valence-electron chi connectivity index (χ3n) is 6.11. The fourth-order valence-corrected chi connectivity index (χ4v) is 4.43. The van der Waals surface area contributed by atoms with Crippen LogP contribution in [0.15, 0.2) is 17.1 Å². The summed E-state index contributed by atoms with van der Waals surface area (Å²) in [6.07, 6.45) is 2.18. The van der Waals surface area contributed by atoms with Crippen LogP contribution in [0.3, 0.4) is 0 Å². The maximum atomic E-state index is 5.49. The molecule has 33 heavy (non-hydrogen) atoms. The van der Waals surface area contributed by atoms with Crippen molar-refractivity contribution in [1.82, 2.24) is 29.9 Å². The largest absolute Gasteiger partial charge is 0.493 e. The Labute approximate surface area is 212 Å². The first-order valence-electron chi connectivity index (χ1n) is 11.0. The summed E-state index contributed by atoms with van der Waals surface area (Å²) in [5.41, 5.74) is 1.14. The molecule has 1 fully saturated rings. The fraction of sp³-hybridized carbons (Fsp3) is 0.591. The van der Waals surface area contributed by atoms with Crippen LogP contribution < -0.4 is 19.5 Å². The van der Waals surface area contributed by atoms with Crippen molar-refractivity contribution in [3.05, 3.63) is 29.3 Å². The predicted octanol–water partition coefficient (Wildman–Crippen LogP) is 1.76. The average Bonchev–Trinajstić information content (AvgIpc) is 3.44. The molecule has 0 aliphatic carbocycles. The Morgan fingerprint density at radius 2 is 1.70 bits per heavy atom. The van der Waals surface area contributed by atoms with Gasteiger partial charge in [0.05, 0.1) is 27.9 Å². The molecule has 1 aromatic heterocycles. The molecule has 2 aliphatic heterocycles. The number of fused-ring (bicyclic) bond motifs is 1. The van der Waals surface area contributed by atoms with Gasteiger partial charge in [-0.2, -0.15) is 0 Å². The van der Waals surface area contributed by atoms with Gasteiger partial charge in [-0.1, -0.05) is 0 Å². The smallest absolute Gasteiger partial charge is 0.203 e. The highest BCUT2D eigenvalue weighted by atomic mass is 127. The van der Waals surface area contributed by atoms with E-state index in [4.69, 9.17) is 14.2 Å². The van der Waals surface area contributed by atoms with Crippen LogP contribution in [0, 0.1) is 0 Å². The molecule has 1 saturated heterocycles. The van der Waals surface area contributed by atoms with Crippen molar-refractivity contribution in [3.63, 3.8) is 0 Å². The number of methoxy groups -OCH3 is 3. The molecule has 0 saturated carbocycles.